The highest BCUT2D eigenvalue weighted by molar-refractivity contribution is 9.10. The molecule has 0 radical (unpaired) electrons. The molecule has 2 N–H and O–H groups in total. The molecule has 1 amide bonds. The zero-order chi connectivity index (χ0) is 16.6. The minimum Gasteiger partial charge on any atom is -0.502 e. The van der Waals surface area contributed by atoms with Gasteiger partial charge < -0.3 is 10.4 Å². The lowest BCUT2D eigenvalue weighted by Crippen LogP contribution is -2.17. The van der Waals surface area contributed by atoms with Crippen LogP contribution in [0.15, 0.2) is 50.7 Å². The van der Waals surface area contributed by atoms with Gasteiger partial charge in [0.25, 0.3) is 5.91 Å². The number of nitrogens with one attached hydrogen (secondary N) is 1. The summed E-state index contributed by atoms with van der Waals surface area (Å²) in [5.41, 5.74) is 0.486. The van der Waals surface area contributed by atoms with E-state index in [9.17, 15) is 20.0 Å². The van der Waals surface area contributed by atoms with Gasteiger partial charge in [-0.2, -0.15) is 0 Å². The third-order valence-corrected chi connectivity index (χ3v) is 4.70. The van der Waals surface area contributed by atoms with Crippen molar-refractivity contribution in [3.8, 4) is 5.75 Å². The van der Waals surface area contributed by atoms with E-state index in [4.69, 9.17) is 0 Å². The number of nitrogens with zero attached hydrogens (tertiary/aromatic N) is 1. The van der Waals surface area contributed by atoms with Crippen molar-refractivity contribution in [2.24, 2.45) is 0 Å². The van der Waals surface area contributed by atoms with Crippen LogP contribution in [0.4, 0.5) is 11.4 Å². The van der Waals surface area contributed by atoms with Crippen molar-refractivity contribution in [3.05, 3.63) is 61.5 Å². The highest BCUT2D eigenvalue weighted by Gasteiger charge is 2.23. The maximum absolute atomic E-state index is 12.1. The molecule has 2 aromatic carbocycles. The largest absolute Gasteiger partial charge is 0.502 e. The molecule has 23 heavy (non-hydrogen) atoms. The first-order chi connectivity index (χ1) is 11.0. The lowest BCUT2D eigenvalue weighted by atomic mass is 10.1. The molecule has 6 nitrogen and oxygen atoms in total. The van der Waals surface area contributed by atoms with E-state index in [2.05, 4.69) is 21.2 Å². The van der Waals surface area contributed by atoms with Crippen LogP contribution >= 0.6 is 27.7 Å². The molecule has 0 aromatic heterocycles. The fraction of sp³-hybridized carbons (Fsp3) is 0. The summed E-state index contributed by atoms with van der Waals surface area (Å²) >= 11 is 4.41. The van der Waals surface area contributed by atoms with Crippen LogP contribution in [0.25, 0.3) is 6.08 Å². The smallest absolute Gasteiger partial charge is 0.312 e. The lowest BCUT2D eigenvalue weighted by Gasteiger charge is -2.18. The summed E-state index contributed by atoms with van der Waals surface area (Å²) in [7, 11) is 0. The number of thioether (sulfide) groups is 1. The summed E-state index contributed by atoms with van der Waals surface area (Å²) in [5, 5.41) is 23.8. The van der Waals surface area contributed by atoms with Gasteiger partial charge in [-0.15, -0.1) is 0 Å². The van der Waals surface area contributed by atoms with Crippen LogP contribution in [-0.2, 0) is 4.79 Å². The topological polar surface area (TPSA) is 92.5 Å². The Labute approximate surface area is 143 Å². The van der Waals surface area contributed by atoms with E-state index < -0.39 is 16.4 Å². The monoisotopic (exact) mass is 392 g/mol. The number of aromatic hydroxyl groups is 1. The molecular formula is C15H9BrN2O4S. The molecule has 0 aliphatic carbocycles. The van der Waals surface area contributed by atoms with E-state index in [1.807, 2.05) is 18.2 Å². The van der Waals surface area contributed by atoms with Gasteiger partial charge in [0.2, 0.25) is 5.75 Å². The fourth-order valence-corrected chi connectivity index (χ4v) is 3.50. The second-order valence-electron chi connectivity index (χ2n) is 4.68. The number of carbonyl (C=O) groups is 1. The van der Waals surface area contributed by atoms with Gasteiger partial charge in [0.1, 0.15) is 0 Å². The van der Waals surface area contributed by atoms with Crippen molar-refractivity contribution in [1.82, 2.24) is 0 Å². The van der Waals surface area contributed by atoms with Crippen LogP contribution in [0.3, 0.4) is 0 Å². The summed E-state index contributed by atoms with van der Waals surface area (Å²) in [4.78, 5) is 23.6. The van der Waals surface area contributed by atoms with Crippen LogP contribution in [0, 0.1) is 10.1 Å². The number of rotatable bonds is 2. The third kappa shape index (κ3) is 3.08. The van der Waals surface area contributed by atoms with Gasteiger partial charge in [-0.3, -0.25) is 14.9 Å². The van der Waals surface area contributed by atoms with Crippen molar-refractivity contribution in [2.45, 2.75) is 4.90 Å². The van der Waals surface area contributed by atoms with Gasteiger partial charge in [-0.05, 0) is 24.3 Å². The summed E-state index contributed by atoms with van der Waals surface area (Å²) in [6.45, 7) is 0. The second kappa shape index (κ2) is 6.05. The van der Waals surface area contributed by atoms with E-state index >= 15 is 0 Å². The Morgan fingerprint density at radius 1 is 1.30 bits per heavy atom. The molecule has 1 aliphatic rings. The number of halogens is 1. The van der Waals surface area contributed by atoms with E-state index in [0.717, 1.165) is 4.90 Å². The predicted molar refractivity (Wildman–Crippen MR) is 91.4 cm³/mol. The van der Waals surface area contributed by atoms with E-state index in [-0.39, 0.29) is 11.5 Å². The van der Waals surface area contributed by atoms with Crippen LogP contribution in [0.2, 0.25) is 0 Å². The van der Waals surface area contributed by atoms with Crippen molar-refractivity contribution < 1.29 is 14.8 Å². The number of hydrogen-bond donors (Lipinski definition) is 2. The standard InChI is InChI=1S/C15H9BrN2O4S/c16-9-5-8(14(19)11(7-9)18(21)22)6-13-15(20)17-10-3-1-2-4-12(10)23-13/h1-7,19H,(H,17,20)/b13-6-. The second-order valence-corrected chi connectivity index (χ2v) is 6.68. The highest BCUT2D eigenvalue weighted by atomic mass is 79.9. The number of benzene rings is 2. The molecule has 3 rings (SSSR count). The average Bonchev–Trinajstić information content (AvgIpc) is 2.51. The number of amides is 1. The number of para-hydroxylation sites is 1. The molecule has 0 bridgehead atoms. The minimum atomic E-state index is -0.675. The number of nitro benzene ring substituents is 1. The van der Waals surface area contributed by atoms with Crippen LogP contribution in [0.1, 0.15) is 5.56 Å². The van der Waals surface area contributed by atoms with E-state index in [0.29, 0.717) is 15.1 Å². The Hall–Kier alpha value is -2.32. The first kappa shape index (κ1) is 15.6. The number of phenolic OH excluding ortho intramolecular Hbond substituents is 1. The van der Waals surface area contributed by atoms with Gasteiger partial charge in [-0.1, -0.05) is 39.8 Å². The Bertz CT molecular complexity index is 867. The van der Waals surface area contributed by atoms with Gasteiger partial charge >= 0.3 is 5.69 Å². The number of hydrogen-bond acceptors (Lipinski definition) is 5. The molecule has 0 saturated carbocycles. The maximum Gasteiger partial charge on any atom is 0.312 e. The number of carbonyl (C=O) groups excluding carboxylic acids is 1. The van der Waals surface area contributed by atoms with E-state index in [1.54, 1.807) is 6.07 Å². The molecular weight excluding hydrogens is 384 g/mol. The van der Waals surface area contributed by atoms with Crippen molar-refractivity contribution in [1.29, 1.82) is 0 Å². The Morgan fingerprint density at radius 2 is 2.04 bits per heavy atom. The molecule has 116 valence electrons. The minimum absolute atomic E-state index is 0.197. The van der Waals surface area contributed by atoms with Crippen molar-refractivity contribution in [3.63, 3.8) is 0 Å². The molecule has 0 spiro atoms. The number of anilines is 1. The maximum atomic E-state index is 12.1. The van der Waals surface area contributed by atoms with Crippen molar-refractivity contribution in [2.75, 3.05) is 5.32 Å². The number of phenols is 1. The summed E-state index contributed by atoms with van der Waals surface area (Å²) in [5.74, 6) is -0.798. The lowest BCUT2D eigenvalue weighted by molar-refractivity contribution is -0.385. The zero-order valence-corrected chi connectivity index (χ0v) is 13.8. The van der Waals surface area contributed by atoms with Crippen molar-refractivity contribution >= 4 is 51.0 Å². The van der Waals surface area contributed by atoms with E-state index in [1.165, 1.54) is 30.0 Å². The van der Waals surface area contributed by atoms with Gasteiger partial charge in [0, 0.05) is 21.0 Å². The van der Waals surface area contributed by atoms with Gasteiger partial charge in [-0.25, -0.2) is 0 Å². The predicted octanol–water partition coefficient (Wildman–Crippen LogP) is 4.15. The quantitative estimate of drug-likeness (QED) is 0.454. The SMILES string of the molecule is O=C1Nc2ccccc2S/C1=C\c1cc(Br)cc([N+](=O)[O-])c1O. The molecule has 8 heteroatoms. The molecule has 0 unspecified atom stereocenters. The normalized spacial score (nSPS) is 15.2. The molecule has 1 aliphatic heterocycles. The molecule has 0 fully saturated rings. The highest BCUT2D eigenvalue weighted by Crippen LogP contribution is 2.41. The Morgan fingerprint density at radius 3 is 2.78 bits per heavy atom. The first-order valence-corrected chi connectivity index (χ1v) is 8.03. The van der Waals surface area contributed by atoms with Gasteiger partial charge in [0.15, 0.2) is 0 Å². The van der Waals surface area contributed by atoms with Gasteiger partial charge in [0.05, 0.1) is 15.5 Å². The molecule has 0 atom stereocenters. The van der Waals surface area contributed by atoms with Crippen LogP contribution in [0.5, 0.6) is 5.75 Å². The molecule has 0 saturated heterocycles. The summed E-state index contributed by atoms with van der Waals surface area (Å²) < 4.78 is 0.440. The Kier molecular flexibility index (Phi) is 4.10. The molecule has 2 aromatic rings. The number of nitro groups is 1. The third-order valence-electron chi connectivity index (χ3n) is 3.15. The Balaban J connectivity index is 2.06. The first-order valence-electron chi connectivity index (χ1n) is 6.42. The zero-order valence-electron chi connectivity index (χ0n) is 11.4. The summed E-state index contributed by atoms with van der Waals surface area (Å²) in [6, 6.07) is 10.0. The molecule has 1 heterocycles. The van der Waals surface area contributed by atoms with Crippen LogP contribution in [-0.4, -0.2) is 15.9 Å². The van der Waals surface area contributed by atoms with Crippen LogP contribution < -0.4 is 5.32 Å². The summed E-state index contributed by atoms with van der Waals surface area (Å²) in [6.07, 6.45) is 1.43. The average molecular weight is 393 g/mol. The number of fused-ring (bicyclic) bond motifs is 1. The fourth-order valence-electron chi connectivity index (χ4n) is 2.10.